The van der Waals surface area contributed by atoms with Crippen molar-refractivity contribution in [1.29, 1.82) is 0 Å². The number of aromatic nitrogens is 2. The Hall–Kier alpha value is -1.86. The Labute approximate surface area is 108 Å². The third-order valence-electron chi connectivity index (χ3n) is 2.41. The monoisotopic (exact) mass is 264 g/mol. The van der Waals surface area contributed by atoms with Gasteiger partial charge in [0.05, 0.1) is 16.5 Å². The van der Waals surface area contributed by atoms with Crippen molar-refractivity contribution in [3.8, 4) is 10.6 Å². The molecule has 0 spiro atoms. The number of rotatable bonds is 3. The maximum Gasteiger partial charge on any atom is 0.279 e. The molecule has 0 saturated heterocycles. The normalized spacial score (nSPS) is 12.4. The molecule has 1 atom stereocenters. The Morgan fingerprint density at radius 1 is 1.44 bits per heavy atom. The fraction of sp³-hybridized carbons (Fsp3) is 0.273. The molecule has 1 aromatic carbocycles. The number of nitro benzene ring substituents is 1. The summed E-state index contributed by atoms with van der Waals surface area (Å²) in [4.78, 5) is 10.6. The molecule has 0 saturated carbocycles. The van der Waals surface area contributed by atoms with Crippen LogP contribution in [0.3, 0.4) is 0 Å². The molecule has 1 unspecified atom stereocenters. The Bertz CT molecular complexity index is 594. The second-order valence-corrected chi connectivity index (χ2v) is 5.02. The lowest BCUT2D eigenvalue weighted by Crippen LogP contribution is -2.03. The van der Waals surface area contributed by atoms with Crippen molar-refractivity contribution in [3.05, 3.63) is 38.9 Å². The molecule has 0 fully saturated rings. The molecule has 2 N–H and O–H groups in total. The van der Waals surface area contributed by atoms with Gasteiger partial charge in [-0.15, -0.1) is 10.2 Å². The van der Waals surface area contributed by atoms with Gasteiger partial charge in [-0.05, 0) is 25.5 Å². The van der Waals surface area contributed by atoms with Crippen molar-refractivity contribution in [1.82, 2.24) is 10.2 Å². The van der Waals surface area contributed by atoms with E-state index in [1.165, 1.54) is 17.4 Å². The van der Waals surface area contributed by atoms with Gasteiger partial charge in [-0.1, -0.05) is 17.4 Å². The summed E-state index contributed by atoms with van der Waals surface area (Å²) in [5, 5.41) is 20.1. The maximum atomic E-state index is 11.0. The van der Waals surface area contributed by atoms with Crippen LogP contribution in [0.25, 0.3) is 10.6 Å². The van der Waals surface area contributed by atoms with Gasteiger partial charge in [0.15, 0.2) is 5.01 Å². The molecule has 0 aliphatic carbocycles. The number of aryl methyl sites for hydroxylation is 1. The first kappa shape index (κ1) is 12.6. The van der Waals surface area contributed by atoms with Gasteiger partial charge in [-0.3, -0.25) is 10.1 Å². The van der Waals surface area contributed by atoms with E-state index in [4.69, 9.17) is 5.73 Å². The predicted octanol–water partition coefficient (Wildman–Crippen LogP) is 2.44. The largest absolute Gasteiger partial charge is 0.322 e. The van der Waals surface area contributed by atoms with Crippen LogP contribution in [0.15, 0.2) is 18.2 Å². The van der Waals surface area contributed by atoms with Gasteiger partial charge >= 0.3 is 0 Å². The van der Waals surface area contributed by atoms with E-state index in [2.05, 4.69) is 10.2 Å². The van der Waals surface area contributed by atoms with Crippen LogP contribution in [-0.2, 0) is 0 Å². The minimum absolute atomic E-state index is 0.0352. The van der Waals surface area contributed by atoms with Gasteiger partial charge in [-0.25, -0.2) is 0 Å². The van der Waals surface area contributed by atoms with E-state index < -0.39 is 4.92 Å². The Morgan fingerprint density at radius 2 is 2.17 bits per heavy atom. The summed E-state index contributed by atoms with van der Waals surface area (Å²) >= 11 is 1.28. The molecule has 94 valence electrons. The summed E-state index contributed by atoms with van der Waals surface area (Å²) in [7, 11) is 0. The molecule has 0 aliphatic rings. The van der Waals surface area contributed by atoms with Crippen LogP contribution in [-0.4, -0.2) is 15.1 Å². The van der Waals surface area contributed by atoms with E-state index in [-0.39, 0.29) is 11.7 Å². The fourth-order valence-electron chi connectivity index (χ4n) is 1.51. The number of hydrogen-bond donors (Lipinski definition) is 1. The highest BCUT2D eigenvalue weighted by Gasteiger charge is 2.19. The summed E-state index contributed by atoms with van der Waals surface area (Å²) in [6.07, 6.45) is 0. The van der Waals surface area contributed by atoms with Crippen molar-refractivity contribution in [2.45, 2.75) is 19.9 Å². The molecule has 18 heavy (non-hydrogen) atoms. The molecular formula is C11H12N4O2S. The van der Waals surface area contributed by atoms with Crippen LogP contribution in [0.1, 0.15) is 23.5 Å². The summed E-state index contributed by atoms with van der Waals surface area (Å²) in [5.41, 5.74) is 7.17. The summed E-state index contributed by atoms with van der Waals surface area (Å²) in [6.45, 7) is 3.68. The Morgan fingerprint density at radius 3 is 2.72 bits per heavy atom. The topological polar surface area (TPSA) is 94.9 Å². The smallest absolute Gasteiger partial charge is 0.279 e. The zero-order chi connectivity index (χ0) is 13.3. The van der Waals surface area contributed by atoms with Crippen molar-refractivity contribution in [2.75, 3.05) is 0 Å². The van der Waals surface area contributed by atoms with E-state index in [0.29, 0.717) is 15.6 Å². The number of nitrogens with two attached hydrogens (primary N) is 1. The minimum atomic E-state index is -0.415. The van der Waals surface area contributed by atoms with Gasteiger partial charge in [0.25, 0.3) is 5.69 Å². The fourth-order valence-corrected chi connectivity index (χ4v) is 2.33. The van der Waals surface area contributed by atoms with Gasteiger partial charge in [0.2, 0.25) is 0 Å². The third kappa shape index (κ3) is 2.36. The second-order valence-electron chi connectivity index (χ2n) is 4.01. The summed E-state index contributed by atoms with van der Waals surface area (Å²) in [5.74, 6) is 0. The van der Waals surface area contributed by atoms with E-state index in [1.807, 2.05) is 6.92 Å². The highest BCUT2D eigenvalue weighted by molar-refractivity contribution is 7.14. The molecule has 1 aromatic heterocycles. The first-order chi connectivity index (χ1) is 8.49. The van der Waals surface area contributed by atoms with Crippen LogP contribution >= 0.6 is 11.3 Å². The average Bonchev–Trinajstić information content (AvgIpc) is 2.77. The highest BCUT2D eigenvalue weighted by Crippen LogP contribution is 2.33. The molecular weight excluding hydrogens is 252 g/mol. The molecule has 1 heterocycles. The Kier molecular flexibility index (Phi) is 3.35. The van der Waals surface area contributed by atoms with Gasteiger partial charge < -0.3 is 5.73 Å². The maximum absolute atomic E-state index is 11.0. The zero-order valence-electron chi connectivity index (χ0n) is 9.95. The van der Waals surface area contributed by atoms with E-state index in [0.717, 1.165) is 5.56 Å². The third-order valence-corrected chi connectivity index (χ3v) is 3.57. The predicted molar refractivity (Wildman–Crippen MR) is 69.3 cm³/mol. The molecule has 6 nitrogen and oxygen atoms in total. The molecule has 0 radical (unpaired) electrons. The standard InChI is InChI=1S/C11H12N4O2S/c1-6-3-4-9(15(16)17)8(5-6)11-14-13-10(18-11)7(2)12/h3-5,7H,12H2,1-2H3. The quantitative estimate of drug-likeness (QED) is 0.678. The summed E-state index contributed by atoms with van der Waals surface area (Å²) < 4.78 is 0. The molecule has 7 heteroatoms. The number of benzene rings is 1. The van der Waals surface area contributed by atoms with Crippen LogP contribution in [0.5, 0.6) is 0 Å². The lowest BCUT2D eigenvalue weighted by atomic mass is 10.1. The van der Waals surface area contributed by atoms with Crippen molar-refractivity contribution >= 4 is 17.0 Å². The van der Waals surface area contributed by atoms with Gasteiger partial charge in [0, 0.05) is 6.07 Å². The van der Waals surface area contributed by atoms with Crippen LogP contribution in [0.4, 0.5) is 5.69 Å². The number of nitro groups is 1. The molecule has 0 amide bonds. The number of nitrogens with zero attached hydrogens (tertiary/aromatic N) is 3. The van der Waals surface area contributed by atoms with Crippen molar-refractivity contribution in [2.24, 2.45) is 5.73 Å². The average molecular weight is 264 g/mol. The summed E-state index contributed by atoms with van der Waals surface area (Å²) in [6, 6.07) is 4.70. The molecule has 2 aromatic rings. The SMILES string of the molecule is Cc1ccc([N+](=O)[O-])c(-c2nnc(C(C)N)s2)c1. The van der Waals surface area contributed by atoms with Crippen molar-refractivity contribution in [3.63, 3.8) is 0 Å². The lowest BCUT2D eigenvalue weighted by Gasteiger charge is -2.00. The van der Waals surface area contributed by atoms with E-state index in [1.54, 1.807) is 19.1 Å². The van der Waals surface area contributed by atoms with E-state index in [9.17, 15) is 10.1 Å². The molecule has 0 aliphatic heterocycles. The molecule has 0 bridgehead atoms. The van der Waals surface area contributed by atoms with Crippen LogP contribution in [0, 0.1) is 17.0 Å². The first-order valence-corrected chi connectivity index (χ1v) is 6.15. The van der Waals surface area contributed by atoms with E-state index >= 15 is 0 Å². The highest BCUT2D eigenvalue weighted by atomic mass is 32.1. The molecule has 2 rings (SSSR count). The van der Waals surface area contributed by atoms with Crippen LogP contribution < -0.4 is 5.73 Å². The minimum Gasteiger partial charge on any atom is -0.322 e. The zero-order valence-corrected chi connectivity index (χ0v) is 10.8. The van der Waals surface area contributed by atoms with Gasteiger partial charge in [0.1, 0.15) is 5.01 Å². The van der Waals surface area contributed by atoms with Gasteiger partial charge in [-0.2, -0.15) is 0 Å². The second kappa shape index (κ2) is 4.79. The van der Waals surface area contributed by atoms with Crippen LogP contribution in [0.2, 0.25) is 0 Å². The first-order valence-electron chi connectivity index (χ1n) is 5.33. The lowest BCUT2D eigenvalue weighted by molar-refractivity contribution is -0.384. The Balaban J connectivity index is 2.54. The van der Waals surface area contributed by atoms with Crippen molar-refractivity contribution < 1.29 is 4.92 Å². The number of hydrogen-bond acceptors (Lipinski definition) is 6.